The van der Waals surface area contributed by atoms with Crippen LogP contribution < -0.4 is 5.32 Å². The number of esters is 1. The molecule has 0 bridgehead atoms. The van der Waals surface area contributed by atoms with E-state index >= 15 is 0 Å². The third kappa shape index (κ3) is 4.89. The van der Waals surface area contributed by atoms with E-state index in [1.54, 1.807) is 6.07 Å². The first kappa shape index (κ1) is 21.6. The topological polar surface area (TPSA) is 77.8 Å². The van der Waals surface area contributed by atoms with Crippen LogP contribution in [0.5, 0.6) is 0 Å². The van der Waals surface area contributed by atoms with E-state index in [1.807, 2.05) is 64.1 Å². The van der Waals surface area contributed by atoms with Crippen LogP contribution in [0.15, 0.2) is 46.9 Å². The van der Waals surface area contributed by atoms with Crippen LogP contribution in [0.25, 0.3) is 11.0 Å². The highest BCUT2D eigenvalue weighted by Crippen LogP contribution is 2.27. The molecular formula is C24H27NO5. The molecule has 6 heteroatoms. The Kier molecular flexibility index (Phi) is 6.90. The van der Waals surface area contributed by atoms with Crippen molar-refractivity contribution in [1.82, 2.24) is 5.32 Å². The smallest absolute Gasteiger partial charge is 0.375 e. The Morgan fingerprint density at radius 2 is 1.87 bits per heavy atom. The fraction of sp³-hybridized carbons (Fsp3) is 0.333. The minimum absolute atomic E-state index is 0.0691. The number of hydrogen-bond donors (Lipinski definition) is 1. The predicted molar refractivity (Wildman–Crippen MR) is 114 cm³/mol. The molecule has 0 aliphatic rings. The summed E-state index contributed by atoms with van der Waals surface area (Å²) in [4.78, 5) is 24.9. The molecule has 1 aromatic heterocycles. The monoisotopic (exact) mass is 409 g/mol. The number of benzene rings is 2. The highest BCUT2D eigenvalue weighted by Gasteiger charge is 2.23. The molecule has 0 saturated heterocycles. The van der Waals surface area contributed by atoms with Gasteiger partial charge in [0.25, 0.3) is 5.91 Å². The molecular weight excluding hydrogens is 382 g/mol. The van der Waals surface area contributed by atoms with Gasteiger partial charge in [0, 0.05) is 17.6 Å². The van der Waals surface area contributed by atoms with Crippen LogP contribution in [0.1, 0.15) is 52.7 Å². The number of aryl methyl sites for hydroxylation is 2. The van der Waals surface area contributed by atoms with Crippen LogP contribution in [0.3, 0.4) is 0 Å². The normalized spacial score (nSPS) is 12.0. The summed E-state index contributed by atoms with van der Waals surface area (Å²) in [5, 5.41) is 3.65. The van der Waals surface area contributed by atoms with Gasteiger partial charge in [-0.15, -0.1) is 0 Å². The van der Waals surface area contributed by atoms with Crippen molar-refractivity contribution in [3.8, 4) is 0 Å². The number of ether oxygens (including phenoxy) is 2. The molecule has 1 heterocycles. The maximum absolute atomic E-state index is 12.6. The van der Waals surface area contributed by atoms with Gasteiger partial charge in [0.1, 0.15) is 5.58 Å². The van der Waals surface area contributed by atoms with E-state index in [1.165, 1.54) is 5.56 Å². The first-order valence-corrected chi connectivity index (χ1v) is 10.0. The summed E-state index contributed by atoms with van der Waals surface area (Å²) in [6.07, 6.45) is 0. The molecule has 3 aromatic rings. The Balaban J connectivity index is 1.65. The molecule has 3 rings (SSSR count). The summed E-state index contributed by atoms with van der Waals surface area (Å²) in [6, 6.07) is 13.2. The van der Waals surface area contributed by atoms with Crippen molar-refractivity contribution in [2.24, 2.45) is 0 Å². The summed E-state index contributed by atoms with van der Waals surface area (Å²) in [7, 11) is 0. The highest BCUT2D eigenvalue weighted by atomic mass is 16.5. The molecule has 158 valence electrons. The van der Waals surface area contributed by atoms with Crippen LogP contribution in [-0.2, 0) is 20.9 Å². The largest absolute Gasteiger partial charge is 0.450 e. The standard InChI is InChI=1S/C24H27NO5/c1-5-28-13-20-19-8-6-7-9-21(19)30-23(20)24(27)29-14-22(26)25-17(4)18-11-10-15(2)16(3)12-18/h6-12,17H,5,13-14H2,1-4H3,(H,25,26)/t17-/m0/s1. The van der Waals surface area contributed by atoms with Gasteiger partial charge in [-0.3, -0.25) is 4.79 Å². The lowest BCUT2D eigenvalue weighted by Crippen LogP contribution is -2.31. The van der Waals surface area contributed by atoms with Crippen molar-refractivity contribution in [3.05, 3.63) is 70.5 Å². The number of carbonyl (C=O) groups excluding carboxylic acids is 2. The lowest BCUT2D eigenvalue weighted by molar-refractivity contribution is -0.124. The molecule has 0 aliphatic heterocycles. The van der Waals surface area contributed by atoms with Crippen molar-refractivity contribution in [3.63, 3.8) is 0 Å². The van der Waals surface area contributed by atoms with Gasteiger partial charge in [-0.2, -0.15) is 0 Å². The molecule has 1 N–H and O–H groups in total. The van der Waals surface area contributed by atoms with E-state index in [9.17, 15) is 9.59 Å². The van der Waals surface area contributed by atoms with Gasteiger partial charge in [0.2, 0.25) is 5.76 Å². The van der Waals surface area contributed by atoms with Gasteiger partial charge in [-0.05, 0) is 50.5 Å². The Morgan fingerprint density at radius 3 is 2.60 bits per heavy atom. The average Bonchev–Trinajstić information content (AvgIpc) is 3.11. The Bertz CT molecular complexity index is 1050. The van der Waals surface area contributed by atoms with Gasteiger partial charge in [-0.25, -0.2) is 4.79 Å². The van der Waals surface area contributed by atoms with E-state index in [-0.39, 0.29) is 30.9 Å². The second-order valence-corrected chi connectivity index (χ2v) is 7.25. The lowest BCUT2D eigenvalue weighted by atomic mass is 10.0. The van der Waals surface area contributed by atoms with Crippen LogP contribution in [-0.4, -0.2) is 25.1 Å². The zero-order valence-corrected chi connectivity index (χ0v) is 17.8. The number of fused-ring (bicyclic) bond motifs is 1. The third-order valence-electron chi connectivity index (χ3n) is 5.08. The number of amides is 1. The van der Waals surface area contributed by atoms with Gasteiger partial charge < -0.3 is 19.2 Å². The predicted octanol–water partition coefficient (Wildman–Crippen LogP) is 4.62. The number of furan rings is 1. The quantitative estimate of drug-likeness (QED) is 0.549. The molecule has 0 aliphatic carbocycles. The van der Waals surface area contributed by atoms with Crippen molar-refractivity contribution in [2.75, 3.05) is 13.2 Å². The molecule has 2 aromatic carbocycles. The Morgan fingerprint density at radius 1 is 1.10 bits per heavy atom. The molecule has 0 fully saturated rings. The van der Waals surface area contributed by atoms with E-state index in [4.69, 9.17) is 13.9 Å². The third-order valence-corrected chi connectivity index (χ3v) is 5.08. The van der Waals surface area contributed by atoms with E-state index in [0.29, 0.717) is 17.8 Å². The van der Waals surface area contributed by atoms with Gasteiger partial charge in [-0.1, -0.05) is 36.4 Å². The fourth-order valence-electron chi connectivity index (χ4n) is 3.21. The molecule has 0 spiro atoms. The molecule has 0 radical (unpaired) electrons. The Hall–Kier alpha value is -3.12. The molecule has 0 unspecified atom stereocenters. The summed E-state index contributed by atoms with van der Waals surface area (Å²) >= 11 is 0. The van der Waals surface area contributed by atoms with E-state index < -0.39 is 5.97 Å². The molecule has 30 heavy (non-hydrogen) atoms. The zero-order valence-electron chi connectivity index (χ0n) is 17.8. The second kappa shape index (κ2) is 9.59. The Labute approximate surface area is 176 Å². The van der Waals surface area contributed by atoms with E-state index in [2.05, 4.69) is 5.32 Å². The fourth-order valence-corrected chi connectivity index (χ4v) is 3.21. The summed E-state index contributed by atoms with van der Waals surface area (Å²) in [6.45, 7) is 8.19. The van der Waals surface area contributed by atoms with Crippen molar-refractivity contribution >= 4 is 22.8 Å². The lowest BCUT2D eigenvalue weighted by Gasteiger charge is -2.15. The SMILES string of the molecule is CCOCc1c(C(=O)OCC(=O)N[C@@H](C)c2ccc(C)c(C)c2)oc2ccccc12. The first-order chi connectivity index (χ1) is 14.4. The summed E-state index contributed by atoms with van der Waals surface area (Å²) in [5.74, 6) is -0.994. The molecule has 1 amide bonds. The molecule has 1 atom stereocenters. The van der Waals surface area contributed by atoms with Gasteiger partial charge >= 0.3 is 5.97 Å². The van der Waals surface area contributed by atoms with Crippen LogP contribution in [0.2, 0.25) is 0 Å². The van der Waals surface area contributed by atoms with Crippen LogP contribution in [0, 0.1) is 13.8 Å². The summed E-state index contributed by atoms with van der Waals surface area (Å²) in [5.41, 5.74) is 4.55. The maximum atomic E-state index is 12.6. The number of rotatable bonds is 8. The van der Waals surface area contributed by atoms with Crippen LogP contribution in [0.4, 0.5) is 0 Å². The maximum Gasteiger partial charge on any atom is 0.375 e. The molecule has 6 nitrogen and oxygen atoms in total. The van der Waals surface area contributed by atoms with Crippen molar-refractivity contribution in [1.29, 1.82) is 0 Å². The number of carbonyl (C=O) groups is 2. The number of nitrogens with one attached hydrogen (secondary N) is 1. The molecule has 0 saturated carbocycles. The second-order valence-electron chi connectivity index (χ2n) is 7.25. The number of para-hydroxylation sites is 1. The summed E-state index contributed by atoms with van der Waals surface area (Å²) < 4.78 is 16.4. The van der Waals surface area contributed by atoms with Gasteiger partial charge in [0.05, 0.1) is 12.6 Å². The van der Waals surface area contributed by atoms with E-state index in [0.717, 1.165) is 16.5 Å². The number of hydrogen-bond acceptors (Lipinski definition) is 5. The van der Waals surface area contributed by atoms with Crippen molar-refractivity contribution in [2.45, 2.75) is 40.3 Å². The van der Waals surface area contributed by atoms with Gasteiger partial charge in [0.15, 0.2) is 6.61 Å². The average molecular weight is 409 g/mol. The van der Waals surface area contributed by atoms with Crippen molar-refractivity contribution < 1.29 is 23.5 Å². The minimum atomic E-state index is -0.685. The zero-order chi connectivity index (χ0) is 21.7. The minimum Gasteiger partial charge on any atom is -0.450 e. The van der Waals surface area contributed by atoms with Crippen LogP contribution >= 0.6 is 0 Å². The highest BCUT2D eigenvalue weighted by molar-refractivity contribution is 5.96. The first-order valence-electron chi connectivity index (χ1n) is 10.0.